The summed E-state index contributed by atoms with van der Waals surface area (Å²) in [4.78, 5) is 29.3. The number of aromatic nitrogens is 2. The van der Waals surface area contributed by atoms with E-state index >= 15 is 0 Å². The van der Waals surface area contributed by atoms with Crippen LogP contribution in [0.2, 0.25) is 0 Å². The van der Waals surface area contributed by atoms with Gasteiger partial charge < -0.3 is 9.97 Å². The zero-order valence-corrected chi connectivity index (χ0v) is 17.4. The first-order chi connectivity index (χ1) is 12.3. The fraction of sp³-hybridized carbons (Fsp3) is 0.100. The highest BCUT2D eigenvalue weighted by molar-refractivity contribution is 9.11. The van der Waals surface area contributed by atoms with Gasteiger partial charge in [0.05, 0.1) is 16.4 Å². The van der Waals surface area contributed by atoms with Crippen molar-refractivity contribution in [2.75, 3.05) is 0 Å². The Kier molecular flexibility index (Phi) is 5.44. The fourth-order valence-electron chi connectivity index (χ4n) is 2.75. The Morgan fingerprint density at radius 2 is 1.42 bits per heavy atom. The van der Waals surface area contributed by atoms with Crippen molar-refractivity contribution in [1.82, 2.24) is 9.97 Å². The van der Waals surface area contributed by atoms with Gasteiger partial charge in [-0.25, -0.2) is 0 Å². The Hall–Kier alpha value is -2.18. The van der Waals surface area contributed by atoms with Gasteiger partial charge in [-0.05, 0) is 60.1 Å². The minimum atomic E-state index is 0.0544. The Morgan fingerprint density at radius 3 is 2.15 bits per heavy atom. The molecule has 2 heterocycles. The quantitative estimate of drug-likeness (QED) is 0.367. The van der Waals surface area contributed by atoms with Gasteiger partial charge in [0.15, 0.2) is 10.9 Å². The van der Waals surface area contributed by atoms with Crippen LogP contribution in [-0.2, 0) is 0 Å². The van der Waals surface area contributed by atoms with Crippen LogP contribution in [-0.4, -0.2) is 9.97 Å². The third-order valence-electron chi connectivity index (χ3n) is 3.87. The Balaban J connectivity index is 0.000000151. The number of rotatable bonds is 0. The number of aromatic amines is 2. The molecular weight excluding hydrogens is 460 g/mol. The maximum absolute atomic E-state index is 11.6. The van der Waals surface area contributed by atoms with Crippen LogP contribution >= 0.6 is 31.9 Å². The number of hydrogen-bond acceptors (Lipinski definition) is 2. The predicted octanol–water partition coefficient (Wildman–Crippen LogP) is 5.20. The molecule has 2 aromatic heterocycles. The van der Waals surface area contributed by atoms with E-state index in [9.17, 15) is 9.59 Å². The fourth-order valence-corrected chi connectivity index (χ4v) is 3.68. The third-order valence-corrected chi connectivity index (χ3v) is 5.02. The minimum Gasteiger partial charge on any atom is -0.358 e. The summed E-state index contributed by atoms with van der Waals surface area (Å²) < 4.78 is 1.81. The van der Waals surface area contributed by atoms with E-state index in [1.165, 1.54) is 0 Å². The van der Waals surface area contributed by atoms with Gasteiger partial charge in [-0.2, -0.15) is 0 Å². The first-order valence-electron chi connectivity index (χ1n) is 7.92. The lowest BCUT2D eigenvalue weighted by Gasteiger charge is -2.00. The molecule has 4 aromatic rings. The first-order valence-corrected chi connectivity index (χ1v) is 9.51. The van der Waals surface area contributed by atoms with Crippen LogP contribution in [0, 0.1) is 13.8 Å². The number of H-pyrrole nitrogens is 2. The van der Waals surface area contributed by atoms with Gasteiger partial charge in [-0.3, -0.25) is 9.59 Å². The molecule has 2 N–H and O–H groups in total. The Bertz CT molecular complexity index is 1210. The maximum Gasteiger partial charge on any atom is 0.190 e. The SMILES string of the molecule is Cc1cc(=O)c2c(Br)cccc2[nH]1.Cc1cc(=O)c2ccc(Br)cc2[nH]1. The summed E-state index contributed by atoms with van der Waals surface area (Å²) in [6.07, 6.45) is 0. The average Bonchev–Trinajstić information content (AvgIpc) is 2.54. The standard InChI is InChI=1S/2C10H8BrNO/c1-6-4-10(13)8-3-2-7(11)5-9(8)12-6;1-6-5-9(13)10-7(11)3-2-4-8(10)12-6/h2*2-5H,1H3,(H,12,13). The minimum absolute atomic E-state index is 0.0544. The van der Waals surface area contributed by atoms with Gasteiger partial charge in [0, 0.05) is 37.9 Å². The molecule has 0 fully saturated rings. The van der Waals surface area contributed by atoms with Gasteiger partial charge in [-0.1, -0.05) is 22.0 Å². The van der Waals surface area contributed by atoms with Gasteiger partial charge in [-0.15, -0.1) is 0 Å². The number of nitrogens with one attached hydrogen (secondary N) is 2. The second kappa shape index (κ2) is 7.60. The van der Waals surface area contributed by atoms with Gasteiger partial charge in [0.1, 0.15) is 0 Å². The normalized spacial score (nSPS) is 10.6. The summed E-state index contributed by atoms with van der Waals surface area (Å²) in [7, 11) is 0. The molecule has 6 heteroatoms. The molecule has 0 radical (unpaired) electrons. The van der Waals surface area contributed by atoms with Crippen LogP contribution in [0.3, 0.4) is 0 Å². The number of benzene rings is 2. The van der Waals surface area contributed by atoms with Crippen LogP contribution < -0.4 is 10.9 Å². The van der Waals surface area contributed by atoms with Crippen molar-refractivity contribution in [3.8, 4) is 0 Å². The molecule has 0 aliphatic rings. The zero-order chi connectivity index (χ0) is 18.8. The highest BCUT2D eigenvalue weighted by atomic mass is 79.9. The second-order valence-corrected chi connectivity index (χ2v) is 7.76. The van der Waals surface area contributed by atoms with Crippen molar-refractivity contribution < 1.29 is 0 Å². The summed E-state index contributed by atoms with van der Waals surface area (Å²) >= 11 is 6.71. The molecule has 4 nitrogen and oxygen atoms in total. The Labute approximate surface area is 166 Å². The Morgan fingerprint density at radius 1 is 0.769 bits per heavy atom. The molecule has 0 saturated carbocycles. The topological polar surface area (TPSA) is 65.7 Å². The predicted molar refractivity (Wildman–Crippen MR) is 114 cm³/mol. The van der Waals surface area contributed by atoms with Crippen LogP contribution in [0.15, 0.2) is 67.1 Å². The maximum atomic E-state index is 11.6. The molecule has 0 spiro atoms. The van der Waals surface area contributed by atoms with E-state index in [-0.39, 0.29) is 10.9 Å². The molecule has 0 atom stereocenters. The largest absolute Gasteiger partial charge is 0.358 e. The summed E-state index contributed by atoms with van der Waals surface area (Å²) in [5.74, 6) is 0. The van der Waals surface area contributed by atoms with E-state index in [2.05, 4.69) is 41.8 Å². The van der Waals surface area contributed by atoms with E-state index in [4.69, 9.17) is 0 Å². The van der Waals surface area contributed by atoms with E-state index in [0.29, 0.717) is 5.39 Å². The van der Waals surface area contributed by atoms with E-state index in [1.807, 2.05) is 50.2 Å². The summed E-state index contributed by atoms with van der Waals surface area (Å²) in [6.45, 7) is 3.75. The zero-order valence-electron chi connectivity index (χ0n) is 14.2. The average molecular weight is 476 g/mol. The molecule has 0 aliphatic carbocycles. The molecule has 0 amide bonds. The number of fused-ring (bicyclic) bond motifs is 2. The highest BCUT2D eigenvalue weighted by Gasteiger charge is 2.02. The van der Waals surface area contributed by atoms with Crippen LogP contribution in [0.25, 0.3) is 21.8 Å². The van der Waals surface area contributed by atoms with Crippen molar-refractivity contribution in [3.05, 3.63) is 89.3 Å². The van der Waals surface area contributed by atoms with Crippen molar-refractivity contribution >= 4 is 53.7 Å². The van der Waals surface area contributed by atoms with E-state index in [0.717, 1.165) is 36.8 Å². The molecular formula is C20H16Br2N2O2. The summed E-state index contributed by atoms with van der Waals surface area (Å²) in [5.41, 5.74) is 3.64. The van der Waals surface area contributed by atoms with Crippen molar-refractivity contribution in [2.24, 2.45) is 0 Å². The lowest BCUT2D eigenvalue weighted by atomic mass is 10.2. The van der Waals surface area contributed by atoms with Crippen LogP contribution in [0.5, 0.6) is 0 Å². The first kappa shape index (κ1) is 18.6. The van der Waals surface area contributed by atoms with Crippen molar-refractivity contribution in [1.29, 1.82) is 0 Å². The molecule has 2 aromatic carbocycles. The lowest BCUT2D eigenvalue weighted by molar-refractivity contribution is 1.24. The number of aryl methyl sites for hydroxylation is 2. The second-order valence-electron chi connectivity index (χ2n) is 5.99. The number of pyridine rings is 2. The van der Waals surface area contributed by atoms with E-state index in [1.54, 1.807) is 12.1 Å². The number of hydrogen-bond donors (Lipinski definition) is 2. The van der Waals surface area contributed by atoms with Gasteiger partial charge in [0.25, 0.3) is 0 Å². The van der Waals surface area contributed by atoms with Crippen LogP contribution in [0.1, 0.15) is 11.4 Å². The van der Waals surface area contributed by atoms with Gasteiger partial charge >= 0.3 is 0 Å². The lowest BCUT2D eigenvalue weighted by Crippen LogP contribution is -2.03. The van der Waals surface area contributed by atoms with Crippen LogP contribution in [0.4, 0.5) is 0 Å². The molecule has 132 valence electrons. The molecule has 0 saturated heterocycles. The van der Waals surface area contributed by atoms with E-state index < -0.39 is 0 Å². The highest BCUT2D eigenvalue weighted by Crippen LogP contribution is 2.19. The number of halogens is 2. The van der Waals surface area contributed by atoms with Crippen molar-refractivity contribution in [2.45, 2.75) is 13.8 Å². The molecule has 0 unspecified atom stereocenters. The van der Waals surface area contributed by atoms with Crippen molar-refractivity contribution in [3.63, 3.8) is 0 Å². The molecule has 4 rings (SSSR count). The molecule has 0 bridgehead atoms. The smallest absolute Gasteiger partial charge is 0.190 e. The summed E-state index contributed by atoms with van der Waals surface area (Å²) in [6, 6.07) is 14.5. The third kappa shape index (κ3) is 3.97. The molecule has 26 heavy (non-hydrogen) atoms. The summed E-state index contributed by atoms with van der Waals surface area (Å²) in [5, 5.41) is 1.45. The van der Waals surface area contributed by atoms with Gasteiger partial charge in [0.2, 0.25) is 0 Å². The molecule has 0 aliphatic heterocycles. The monoisotopic (exact) mass is 474 g/mol.